The van der Waals surface area contributed by atoms with Gasteiger partial charge in [-0.15, -0.1) is 0 Å². The summed E-state index contributed by atoms with van der Waals surface area (Å²) >= 11 is 5.46. The lowest BCUT2D eigenvalue weighted by molar-refractivity contribution is -0.118. The van der Waals surface area contributed by atoms with Gasteiger partial charge in [-0.3, -0.25) is 4.79 Å². The van der Waals surface area contributed by atoms with Gasteiger partial charge in [-0.1, -0.05) is 31.0 Å². The Kier molecular flexibility index (Phi) is 2.78. The Morgan fingerprint density at radius 1 is 1.50 bits per heavy atom. The van der Waals surface area contributed by atoms with Crippen molar-refractivity contribution in [2.75, 3.05) is 0 Å². The van der Waals surface area contributed by atoms with E-state index < -0.39 is 0 Å². The van der Waals surface area contributed by atoms with Crippen LogP contribution in [0, 0.1) is 0 Å². The van der Waals surface area contributed by atoms with Crippen LogP contribution >= 0.6 is 11.6 Å². The van der Waals surface area contributed by atoms with Crippen molar-refractivity contribution in [2.45, 2.75) is 38.1 Å². The Labute approximate surface area is 78.0 Å². The molecule has 1 amide bonds. The molecule has 68 valence electrons. The molecule has 12 heavy (non-hydrogen) atoms. The zero-order chi connectivity index (χ0) is 9.19. The van der Waals surface area contributed by atoms with Crippen molar-refractivity contribution < 1.29 is 4.79 Å². The summed E-state index contributed by atoms with van der Waals surface area (Å²) in [7, 11) is 0. The summed E-state index contributed by atoms with van der Waals surface area (Å²) in [6, 6.07) is 0. The van der Waals surface area contributed by atoms with E-state index in [2.05, 4.69) is 18.8 Å². The van der Waals surface area contributed by atoms with Gasteiger partial charge in [0.1, 0.15) is 0 Å². The van der Waals surface area contributed by atoms with E-state index >= 15 is 0 Å². The predicted molar refractivity (Wildman–Crippen MR) is 50.0 cm³/mol. The first kappa shape index (κ1) is 9.59. The molecule has 0 aromatic heterocycles. The van der Waals surface area contributed by atoms with Gasteiger partial charge in [0.2, 0.25) is 0 Å². The molecule has 0 bridgehead atoms. The highest BCUT2D eigenvalue weighted by Gasteiger charge is 2.30. The summed E-state index contributed by atoms with van der Waals surface area (Å²) < 4.78 is 0. The van der Waals surface area contributed by atoms with Crippen molar-refractivity contribution in [1.29, 1.82) is 0 Å². The third kappa shape index (κ3) is 2.24. The smallest absolute Gasteiger partial charge is 0.262 e. The van der Waals surface area contributed by atoms with Crippen LogP contribution in [0.3, 0.4) is 0 Å². The minimum Gasteiger partial charge on any atom is -0.346 e. The van der Waals surface area contributed by atoms with Gasteiger partial charge in [0, 0.05) is 5.54 Å². The van der Waals surface area contributed by atoms with E-state index in [4.69, 9.17) is 11.6 Å². The molecule has 1 saturated carbocycles. The average molecular weight is 188 g/mol. The van der Waals surface area contributed by atoms with Crippen LogP contribution in [0.1, 0.15) is 32.6 Å². The van der Waals surface area contributed by atoms with Gasteiger partial charge in [0.05, 0.1) is 5.03 Å². The lowest BCUT2D eigenvalue weighted by atomic mass is 10.0. The predicted octanol–water partition coefficient (Wildman–Crippen LogP) is 2.19. The number of rotatable bonds is 2. The Morgan fingerprint density at radius 3 is 2.42 bits per heavy atom. The number of carbonyl (C=O) groups excluding carboxylic acids is 1. The van der Waals surface area contributed by atoms with Crippen molar-refractivity contribution in [2.24, 2.45) is 0 Å². The first-order valence-electron chi connectivity index (χ1n) is 4.20. The van der Waals surface area contributed by atoms with Gasteiger partial charge in [-0.25, -0.2) is 0 Å². The quantitative estimate of drug-likeness (QED) is 0.660. The van der Waals surface area contributed by atoms with E-state index in [1.54, 1.807) is 0 Å². The maximum absolute atomic E-state index is 11.2. The zero-order valence-corrected chi connectivity index (χ0v) is 8.08. The minimum atomic E-state index is -0.235. The third-order valence-electron chi connectivity index (χ3n) is 2.37. The maximum Gasteiger partial charge on any atom is 0.262 e. The molecular formula is C9H14ClNO. The number of amides is 1. The Hall–Kier alpha value is -0.500. The third-order valence-corrected chi connectivity index (χ3v) is 2.54. The fourth-order valence-corrected chi connectivity index (χ4v) is 1.67. The fourth-order valence-electron chi connectivity index (χ4n) is 1.62. The van der Waals surface area contributed by atoms with Crippen LogP contribution in [-0.4, -0.2) is 11.4 Å². The molecule has 1 N–H and O–H groups in total. The van der Waals surface area contributed by atoms with Crippen LogP contribution in [0.25, 0.3) is 0 Å². The van der Waals surface area contributed by atoms with E-state index in [-0.39, 0.29) is 16.5 Å². The second kappa shape index (κ2) is 3.48. The Balaban J connectivity index is 2.49. The number of carbonyl (C=O) groups is 1. The van der Waals surface area contributed by atoms with Crippen molar-refractivity contribution in [3.8, 4) is 0 Å². The summed E-state index contributed by atoms with van der Waals surface area (Å²) in [5.74, 6) is -0.235. The first-order valence-corrected chi connectivity index (χ1v) is 4.58. The van der Waals surface area contributed by atoms with Crippen LogP contribution < -0.4 is 5.32 Å². The molecule has 0 aliphatic heterocycles. The van der Waals surface area contributed by atoms with Crippen molar-refractivity contribution in [3.63, 3.8) is 0 Å². The van der Waals surface area contributed by atoms with Crippen LogP contribution in [0.15, 0.2) is 11.6 Å². The van der Waals surface area contributed by atoms with Crippen molar-refractivity contribution in [1.82, 2.24) is 5.32 Å². The molecule has 0 aromatic carbocycles. The van der Waals surface area contributed by atoms with Gasteiger partial charge in [-0.05, 0) is 19.8 Å². The van der Waals surface area contributed by atoms with E-state index in [9.17, 15) is 4.79 Å². The van der Waals surface area contributed by atoms with Crippen LogP contribution in [0.5, 0.6) is 0 Å². The molecule has 0 spiro atoms. The molecule has 1 fully saturated rings. The monoisotopic (exact) mass is 187 g/mol. The SMILES string of the molecule is C=C(Cl)C(=O)NC1(C)CCCC1. The van der Waals surface area contributed by atoms with E-state index in [1.807, 2.05) is 0 Å². The Morgan fingerprint density at radius 2 is 2.00 bits per heavy atom. The lowest BCUT2D eigenvalue weighted by Gasteiger charge is -2.24. The summed E-state index contributed by atoms with van der Waals surface area (Å²) in [6.45, 7) is 5.43. The van der Waals surface area contributed by atoms with Gasteiger partial charge < -0.3 is 5.32 Å². The summed E-state index contributed by atoms with van der Waals surface area (Å²) in [6.07, 6.45) is 4.46. The van der Waals surface area contributed by atoms with E-state index in [0.717, 1.165) is 12.8 Å². The summed E-state index contributed by atoms with van der Waals surface area (Å²) in [5, 5.41) is 2.96. The highest BCUT2D eigenvalue weighted by molar-refractivity contribution is 6.41. The van der Waals surface area contributed by atoms with Crippen LogP contribution in [-0.2, 0) is 4.79 Å². The van der Waals surface area contributed by atoms with E-state index in [0.29, 0.717) is 0 Å². The molecule has 0 unspecified atom stereocenters. The maximum atomic E-state index is 11.2. The van der Waals surface area contributed by atoms with Crippen LogP contribution in [0.4, 0.5) is 0 Å². The number of halogens is 1. The molecular weight excluding hydrogens is 174 g/mol. The van der Waals surface area contributed by atoms with E-state index in [1.165, 1.54) is 12.8 Å². The normalized spacial score (nSPS) is 20.5. The minimum absolute atomic E-state index is 0.0467. The molecule has 0 aromatic rings. The summed E-state index contributed by atoms with van der Waals surface area (Å²) in [4.78, 5) is 11.2. The highest BCUT2D eigenvalue weighted by Crippen LogP contribution is 2.29. The molecule has 3 heteroatoms. The van der Waals surface area contributed by atoms with Gasteiger partial charge in [0.15, 0.2) is 0 Å². The molecule has 0 heterocycles. The van der Waals surface area contributed by atoms with Crippen LogP contribution in [0.2, 0.25) is 0 Å². The standard InChI is InChI=1S/C9H14ClNO/c1-7(10)8(12)11-9(2)5-3-4-6-9/h1,3-6H2,2H3,(H,11,12). The number of nitrogens with one attached hydrogen (secondary N) is 1. The fraction of sp³-hybridized carbons (Fsp3) is 0.667. The second-order valence-electron chi connectivity index (χ2n) is 3.63. The molecule has 1 rings (SSSR count). The Bertz CT molecular complexity index is 207. The van der Waals surface area contributed by atoms with Crippen molar-refractivity contribution in [3.05, 3.63) is 11.6 Å². The highest BCUT2D eigenvalue weighted by atomic mass is 35.5. The van der Waals surface area contributed by atoms with Gasteiger partial charge in [0.25, 0.3) is 5.91 Å². The molecule has 1 aliphatic rings. The molecule has 1 aliphatic carbocycles. The molecule has 0 saturated heterocycles. The zero-order valence-electron chi connectivity index (χ0n) is 7.32. The number of hydrogen-bond acceptors (Lipinski definition) is 1. The molecule has 2 nitrogen and oxygen atoms in total. The summed E-state index contributed by atoms with van der Waals surface area (Å²) in [5.41, 5.74) is -0.0467. The molecule has 0 radical (unpaired) electrons. The average Bonchev–Trinajstić information content (AvgIpc) is 2.35. The van der Waals surface area contributed by atoms with Gasteiger partial charge >= 0.3 is 0 Å². The first-order chi connectivity index (χ1) is 5.53. The second-order valence-corrected chi connectivity index (χ2v) is 4.08. The van der Waals surface area contributed by atoms with Crippen molar-refractivity contribution >= 4 is 17.5 Å². The largest absolute Gasteiger partial charge is 0.346 e. The molecule has 0 atom stereocenters. The topological polar surface area (TPSA) is 29.1 Å². The lowest BCUT2D eigenvalue weighted by Crippen LogP contribution is -2.43. The number of hydrogen-bond donors (Lipinski definition) is 1. The van der Waals surface area contributed by atoms with Gasteiger partial charge in [-0.2, -0.15) is 0 Å².